The molecule has 11 heteroatoms. The van der Waals surface area contributed by atoms with E-state index in [9.17, 15) is 22.8 Å². The van der Waals surface area contributed by atoms with Gasteiger partial charge in [-0.05, 0) is 43.7 Å². The van der Waals surface area contributed by atoms with Crippen molar-refractivity contribution in [3.63, 3.8) is 0 Å². The number of anilines is 2. The van der Waals surface area contributed by atoms with E-state index in [0.717, 1.165) is 4.31 Å². The predicted molar refractivity (Wildman–Crippen MR) is 129 cm³/mol. The maximum atomic E-state index is 13.0. The molecule has 2 fully saturated rings. The lowest BCUT2D eigenvalue weighted by molar-refractivity contribution is -0.155. The van der Waals surface area contributed by atoms with Gasteiger partial charge in [0.15, 0.2) is 6.61 Å². The molecule has 2 amide bonds. The van der Waals surface area contributed by atoms with Gasteiger partial charge in [-0.3, -0.25) is 13.9 Å². The molecular weight excluding hydrogens is 478 g/mol. The lowest BCUT2D eigenvalue weighted by Gasteiger charge is -2.29. The monoisotopic (exact) mass is 503 g/mol. The van der Waals surface area contributed by atoms with Crippen molar-refractivity contribution >= 4 is 50.9 Å². The van der Waals surface area contributed by atoms with Crippen LogP contribution >= 0.6 is 11.8 Å². The Hall–Kier alpha value is -3.05. The minimum Gasteiger partial charge on any atom is -0.454 e. The molecule has 0 bridgehead atoms. The van der Waals surface area contributed by atoms with E-state index in [0.29, 0.717) is 24.3 Å². The summed E-state index contributed by atoms with van der Waals surface area (Å²) in [5.41, 5.74) is 0.754. The van der Waals surface area contributed by atoms with E-state index in [1.54, 1.807) is 41.3 Å². The average molecular weight is 504 g/mol. The van der Waals surface area contributed by atoms with Crippen LogP contribution in [0.25, 0.3) is 0 Å². The number of sulfonamides is 1. The van der Waals surface area contributed by atoms with E-state index >= 15 is 0 Å². The fourth-order valence-electron chi connectivity index (χ4n) is 4.09. The van der Waals surface area contributed by atoms with Gasteiger partial charge in [-0.2, -0.15) is 0 Å². The average Bonchev–Trinajstić information content (AvgIpc) is 3.33. The molecule has 2 aliphatic rings. The largest absolute Gasteiger partial charge is 0.454 e. The summed E-state index contributed by atoms with van der Waals surface area (Å²) >= 11 is 1.54. The maximum absolute atomic E-state index is 13.0. The lowest BCUT2D eigenvalue weighted by atomic mass is 10.2. The Morgan fingerprint density at radius 3 is 2.68 bits per heavy atom. The molecule has 0 spiro atoms. The second-order valence-electron chi connectivity index (χ2n) is 8.26. The summed E-state index contributed by atoms with van der Waals surface area (Å²) in [6, 6.07) is 13.8. The summed E-state index contributed by atoms with van der Waals surface area (Å²) in [6.07, 6.45) is 1.08. The Morgan fingerprint density at radius 1 is 1.21 bits per heavy atom. The number of carbonyl (C=O) groups is 3. The fraction of sp³-hybridized carbons (Fsp3) is 0.348. The lowest BCUT2D eigenvalue weighted by Crippen LogP contribution is -2.47. The highest BCUT2D eigenvalue weighted by Crippen LogP contribution is 2.47. The molecule has 0 saturated carbocycles. The summed E-state index contributed by atoms with van der Waals surface area (Å²) < 4.78 is 32.3. The highest BCUT2D eigenvalue weighted by molar-refractivity contribution is 8.01. The zero-order valence-electron chi connectivity index (χ0n) is 18.8. The molecule has 9 nitrogen and oxygen atoms in total. The number of hydrogen-bond acceptors (Lipinski definition) is 7. The van der Waals surface area contributed by atoms with Gasteiger partial charge in [-0.1, -0.05) is 24.3 Å². The first-order valence-electron chi connectivity index (χ1n) is 10.7. The summed E-state index contributed by atoms with van der Waals surface area (Å²) in [7, 11) is -2.40. The van der Waals surface area contributed by atoms with Crippen LogP contribution in [0.3, 0.4) is 0 Å². The number of nitrogens with zero attached hydrogens (tertiary/aromatic N) is 2. The van der Waals surface area contributed by atoms with E-state index in [1.807, 2.05) is 6.92 Å². The first kappa shape index (κ1) is 24.1. The van der Waals surface area contributed by atoms with Crippen LogP contribution in [0, 0.1) is 0 Å². The molecule has 0 radical (unpaired) electrons. The minimum atomic E-state index is -3.85. The van der Waals surface area contributed by atoms with E-state index < -0.39 is 39.4 Å². The molecule has 1 N–H and O–H groups in total. The number of thioether (sulfide) groups is 1. The van der Waals surface area contributed by atoms with Crippen molar-refractivity contribution < 1.29 is 27.5 Å². The molecular formula is C23H25N3O6S2. The number of ether oxygens (including phenoxy) is 1. The zero-order valence-corrected chi connectivity index (χ0v) is 20.4. The third-order valence-electron chi connectivity index (χ3n) is 5.96. The number of fused-ring (bicyclic) bond motifs is 1. The van der Waals surface area contributed by atoms with Crippen molar-refractivity contribution in [3.05, 3.63) is 54.6 Å². The molecule has 0 unspecified atom stereocenters. The van der Waals surface area contributed by atoms with E-state index in [4.69, 9.17) is 4.74 Å². The van der Waals surface area contributed by atoms with Crippen molar-refractivity contribution in [2.24, 2.45) is 0 Å². The van der Waals surface area contributed by atoms with Crippen molar-refractivity contribution in [1.29, 1.82) is 0 Å². The topological polar surface area (TPSA) is 113 Å². The number of rotatable bonds is 7. The highest BCUT2D eigenvalue weighted by atomic mass is 32.2. The third-order valence-corrected chi connectivity index (χ3v) is 9.25. The molecule has 0 aliphatic carbocycles. The van der Waals surface area contributed by atoms with Gasteiger partial charge < -0.3 is 15.0 Å². The van der Waals surface area contributed by atoms with Gasteiger partial charge in [0.25, 0.3) is 15.9 Å². The van der Waals surface area contributed by atoms with Crippen LogP contribution in [0.2, 0.25) is 0 Å². The molecule has 2 saturated heterocycles. The van der Waals surface area contributed by atoms with Crippen LogP contribution in [0.4, 0.5) is 11.4 Å². The van der Waals surface area contributed by atoms with Crippen LogP contribution in [0.1, 0.15) is 19.8 Å². The normalized spacial score (nSPS) is 21.8. The van der Waals surface area contributed by atoms with Crippen molar-refractivity contribution in [2.75, 3.05) is 29.0 Å². The molecule has 180 valence electrons. The SMILES string of the molecule is CN(c1ccccc1)S(=O)(=O)c1cccc(NC(=O)COC(=O)[C@@H]2CS[C@@]3(C)CCC(=O)N23)c1. The number of nitrogens with one attached hydrogen (secondary N) is 1. The van der Waals surface area contributed by atoms with Crippen LogP contribution in [0.15, 0.2) is 59.5 Å². The quantitative estimate of drug-likeness (QED) is 0.578. The second kappa shape index (κ2) is 9.30. The summed E-state index contributed by atoms with van der Waals surface area (Å²) in [5, 5.41) is 2.56. The number of para-hydroxylation sites is 1. The Kier molecular flexibility index (Phi) is 6.59. The standard InChI is InChI=1S/C23H25N3O6S2/c1-23-12-11-21(28)26(23)19(15-33-23)22(29)32-14-20(27)24-16-7-6-10-18(13-16)34(30,31)25(2)17-8-4-3-5-9-17/h3-10,13,19H,11-12,14-15H2,1-2H3,(H,24,27)/t19-,23-/m0/s1. The Bertz CT molecular complexity index is 1220. The minimum absolute atomic E-state index is 0.00320. The number of esters is 1. The van der Waals surface area contributed by atoms with Gasteiger partial charge in [-0.25, -0.2) is 13.2 Å². The summed E-state index contributed by atoms with van der Waals surface area (Å²) in [6.45, 7) is 1.39. The Balaban J connectivity index is 1.37. The molecule has 2 heterocycles. The van der Waals surface area contributed by atoms with Gasteiger partial charge in [-0.15, -0.1) is 11.8 Å². The third kappa shape index (κ3) is 4.62. The van der Waals surface area contributed by atoms with Gasteiger partial charge in [0, 0.05) is 24.9 Å². The Morgan fingerprint density at radius 2 is 1.94 bits per heavy atom. The molecule has 0 aromatic heterocycles. The first-order chi connectivity index (χ1) is 16.1. The maximum Gasteiger partial charge on any atom is 0.330 e. The molecule has 2 aromatic rings. The highest BCUT2D eigenvalue weighted by Gasteiger charge is 2.53. The molecule has 2 aliphatic heterocycles. The smallest absolute Gasteiger partial charge is 0.330 e. The van der Waals surface area contributed by atoms with Gasteiger partial charge >= 0.3 is 5.97 Å². The van der Waals surface area contributed by atoms with E-state index in [-0.39, 0.29) is 16.5 Å². The van der Waals surface area contributed by atoms with Gasteiger partial charge in [0.1, 0.15) is 6.04 Å². The van der Waals surface area contributed by atoms with Gasteiger partial charge in [0.05, 0.1) is 15.5 Å². The summed E-state index contributed by atoms with van der Waals surface area (Å²) in [5.74, 6) is -0.891. The second-order valence-corrected chi connectivity index (χ2v) is 11.7. The molecule has 4 rings (SSSR count). The van der Waals surface area contributed by atoms with Crippen LogP contribution in [-0.4, -0.2) is 61.4 Å². The fourth-order valence-corrected chi connectivity index (χ4v) is 6.75. The number of amides is 2. The van der Waals surface area contributed by atoms with E-state index in [1.165, 1.54) is 37.0 Å². The predicted octanol–water partition coefficient (Wildman–Crippen LogP) is 2.45. The molecule has 2 atom stereocenters. The summed E-state index contributed by atoms with van der Waals surface area (Å²) in [4.78, 5) is 38.2. The number of carbonyl (C=O) groups excluding carboxylic acids is 3. The first-order valence-corrected chi connectivity index (χ1v) is 13.1. The van der Waals surface area contributed by atoms with Crippen LogP contribution < -0.4 is 9.62 Å². The van der Waals surface area contributed by atoms with Crippen molar-refractivity contribution in [2.45, 2.75) is 35.6 Å². The number of hydrogen-bond donors (Lipinski definition) is 1. The zero-order chi connectivity index (χ0) is 24.5. The Labute approximate surface area is 202 Å². The number of benzene rings is 2. The van der Waals surface area contributed by atoms with Crippen LogP contribution in [-0.2, 0) is 29.1 Å². The van der Waals surface area contributed by atoms with E-state index in [2.05, 4.69) is 5.32 Å². The molecule has 34 heavy (non-hydrogen) atoms. The van der Waals surface area contributed by atoms with Crippen molar-refractivity contribution in [1.82, 2.24) is 4.90 Å². The van der Waals surface area contributed by atoms with Crippen LogP contribution in [0.5, 0.6) is 0 Å². The molecule has 2 aromatic carbocycles. The van der Waals surface area contributed by atoms with Gasteiger partial charge in [0.2, 0.25) is 5.91 Å². The van der Waals surface area contributed by atoms with Crippen molar-refractivity contribution in [3.8, 4) is 0 Å².